The number of halogens is 1. The fourth-order valence-corrected chi connectivity index (χ4v) is 2.00. The van der Waals surface area contributed by atoms with E-state index in [4.69, 9.17) is 9.84 Å². The van der Waals surface area contributed by atoms with Gasteiger partial charge in [-0.1, -0.05) is 6.07 Å². The Hall–Kier alpha value is -1.39. The first-order chi connectivity index (χ1) is 8.19. The van der Waals surface area contributed by atoms with E-state index in [9.17, 15) is 0 Å². The van der Waals surface area contributed by atoms with Crippen LogP contribution in [0.1, 0.15) is 11.3 Å². The first-order valence-corrected chi connectivity index (χ1v) is 5.98. The zero-order chi connectivity index (χ0) is 12.3. The molecular formula is C13H12BrNO2. The number of aliphatic hydroxyl groups is 1. The van der Waals surface area contributed by atoms with Crippen LogP contribution in [-0.4, -0.2) is 10.1 Å². The number of aliphatic hydroxyl groups excluding tert-OH is 1. The molecule has 2 aromatic rings. The molecule has 0 atom stereocenters. The van der Waals surface area contributed by atoms with Gasteiger partial charge in [-0.15, -0.1) is 0 Å². The van der Waals surface area contributed by atoms with Crippen LogP contribution in [0.25, 0.3) is 0 Å². The minimum absolute atomic E-state index is 0.0910. The first kappa shape index (κ1) is 12.1. The zero-order valence-electron chi connectivity index (χ0n) is 9.35. The summed E-state index contributed by atoms with van der Waals surface area (Å²) < 4.78 is 6.61. The van der Waals surface area contributed by atoms with Crippen LogP contribution in [0.4, 0.5) is 0 Å². The molecule has 3 nitrogen and oxygen atoms in total. The number of aryl methyl sites for hydroxylation is 1. The normalized spacial score (nSPS) is 10.3. The van der Waals surface area contributed by atoms with E-state index >= 15 is 0 Å². The van der Waals surface area contributed by atoms with Crippen molar-refractivity contribution >= 4 is 15.9 Å². The molecule has 1 aromatic carbocycles. The minimum atomic E-state index is -0.0910. The van der Waals surface area contributed by atoms with E-state index in [1.807, 2.05) is 25.1 Å². The van der Waals surface area contributed by atoms with Crippen molar-refractivity contribution in [3.8, 4) is 11.5 Å². The summed E-state index contributed by atoms with van der Waals surface area (Å²) in [5.41, 5.74) is 1.75. The van der Waals surface area contributed by atoms with Crippen molar-refractivity contribution in [2.75, 3.05) is 0 Å². The fraction of sp³-hybridized carbons (Fsp3) is 0.154. The van der Waals surface area contributed by atoms with Gasteiger partial charge in [0, 0.05) is 12.3 Å². The molecule has 1 N–H and O–H groups in total. The van der Waals surface area contributed by atoms with Crippen LogP contribution < -0.4 is 4.74 Å². The van der Waals surface area contributed by atoms with Gasteiger partial charge in [0.1, 0.15) is 11.5 Å². The third kappa shape index (κ3) is 3.05. The molecule has 0 saturated heterocycles. The Morgan fingerprint density at radius 2 is 2.12 bits per heavy atom. The molecule has 2 rings (SSSR count). The van der Waals surface area contributed by atoms with Gasteiger partial charge < -0.3 is 9.84 Å². The number of hydrogen-bond acceptors (Lipinski definition) is 3. The van der Waals surface area contributed by atoms with Crippen LogP contribution in [0.2, 0.25) is 0 Å². The molecule has 0 aliphatic rings. The van der Waals surface area contributed by atoms with Crippen molar-refractivity contribution in [1.82, 2.24) is 4.98 Å². The highest BCUT2D eigenvalue weighted by molar-refractivity contribution is 9.10. The smallest absolute Gasteiger partial charge is 0.141 e. The van der Waals surface area contributed by atoms with Gasteiger partial charge in [-0.25, -0.2) is 0 Å². The van der Waals surface area contributed by atoms with E-state index in [0.29, 0.717) is 11.4 Å². The molecule has 0 aliphatic heterocycles. The number of aromatic nitrogens is 1. The molecule has 0 saturated carbocycles. The Kier molecular flexibility index (Phi) is 3.76. The molecule has 0 radical (unpaired) electrons. The second-order valence-corrected chi connectivity index (χ2v) is 4.53. The summed E-state index contributed by atoms with van der Waals surface area (Å²) in [7, 11) is 0. The second kappa shape index (κ2) is 5.29. The molecule has 1 heterocycles. The second-order valence-electron chi connectivity index (χ2n) is 3.68. The summed E-state index contributed by atoms with van der Waals surface area (Å²) >= 11 is 3.45. The Morgan fingerprint density at radius 3 is 2.82 bits per heavy atom. The summed E-state index contributed by atoms with van der Waals surface area (Å²) in [6, 6.07) is 9.34. The third-order valence-electron chi connectivity index (χ3n) is 2.27. The topological polar surface area (TPSA) is 42.4 Å². The number of hydrogen-bond donors (Lipinski definition) is 1. The molecule has 0 bridgehead atoms. The van der Waals surface area contributed by atoms with E-state index in [1.165, 1.54) is 0 Å². The highest BCUT2D eigenvalue weighted by Gasteiger charge is 2.03. The van der Waals surface area contributed by atoms with Gasteiger partial charge in [-0.3, -0.25) is 4.98 Å². The van der Waals surface area contributed by atoms with Gasteiger partial charge in [0.2, 0.25) is 0 Å². The number of pyridine rings is 1. The summed E-state index contributed by atoms with van der Waals surface area (Å²) in [4.78, 5) is 3.99. The Bertz CT molecular complexity index is 529. The van der Waals surface area contributed by atoms with E-state index in [2.05, 4.69) is 20.9 Å². The summed E-state index contributed by atoms with van der Waals surface area (Å²) in [6.45, 7) is 1.93. The molecule has 88 valence electrons. The maximum Gasteiger partial charge on any atom is 0.141 e. The van der Waals surface area contributed by atoms with Crippen LogP contribution in [0.5, 0.6) is 11.5 Å². The summed E-state index contributed by atoms with van der Waals surface area (Å²) in [5.74, 6) is 1.40. The molecule has 0 unspecified atom stereocenters. The lowest BCUT2D eigenvalue weighted by Gasteiger charge is -2.08. The Morgan fingerprint density at radius 1 is 1.29 bits per heavy atom. The van der Waals surface area contributed by atoms with Crippen LogP contribution in [0.15, 0.2) is 41.0 Å². The molecule has 4 heteroatoms. The molecular weight excluding hydrogens is 282 g/mol. The number of rotatable bonds is 3. The lowest BCUT2D eigenvalue weighted by molar-refractivity contribution is 0.276. The first-order valence-electron chi connectivity index (χ1n) is 5.19. The lowest BCUT2D eigenvalue weighted by atomic mass is 10.2. The predicted octanol–water partition coefficient (Wildman–Crippen LogP) is 3.44. The number of nitrogens with zero attached hydrogens (tertiary/aromatic N) is 1. The van der Waals surface area contributed by atoms with Crippen molar-refractivity contribution in [3.63, 3.8) is 0 Å². The number of ether oxygens (including phenoxy) is 1. The standard InChI is InChI=1S/C13H12BrNO2/c1-9-2-3-13(12(14)6-9)17-11-4-5-15-10(7-11)8-16/h2-7,16H,8H2,1H3. The van der Waals surface area contributed by atoms with Crippen LogP contribution in [0, 0.1) is 6.92 Å². The monoisotopic (exact) mass is 293 g/mol. The zero-order valence-corrected chi connectivity index (χ0v) is 10.9. The Balaban J connectivity index is 2.25. The van der Waals surface area contributed by atoms with Crippen molar-refractivity contribution in [1.29, 1.82) is 0 Å². The quantitative estimate of drug-likeness (QED) is 0.943. The van der Waals surface area contributed by atoms with Gasteiger partial charge in [0.05, 0.1) is 16.8 Å². The van der Waals surface area contributed by atoms with E-state index in [1.54, 1.807) is 18.3 Å². The highest BCUT2D eigenvalue weighted by Crippen LogP contribution is 2.30. The average Bonchev–Trinajstić information content (AvgIpc) is 2.33. The maximum atomic E-state index is 8.99. The number of benzene rings is 1. The van der Waals surface area contributed by atoms with E-state index in [-0.39, 0.29) is 6.61 Å². The van der Waals surface area contributed by atoms with E-state index < -0.39 is 0 Å². The van der Waals surface area contributed by atoms with Gasteiger partial charge in [0.25, 0.3) is 0 Å². The molecule has 0 spiro atoms. The Labute approximate surface area is 108 Å². The SMILES string of the molecule is Cc1ccc(Oc2ccnc(CO)c2)c(Br)c1. The van der Waals surface area contributed by atoms with Gasteiger partial charge in [0.15, 0.2) is 0 Å². The summed E-state index contributed by atoms with van der Waals surface area (Å²) in [5, 5.41) is 8.99. The molecule has 0 aliphatic carbocycles. The summed E-state index contributed by atoms with van der Waals surface area (Å²) in [6.07, 6.45) is 1.61. The van der Waals surface area contributed by atoms with Crippen molar-refractivity contribution < 1.29 is 9.84 Å². The van der Waals surface area contributed by atoms with Crippen LogP contribution in [-0.2, 0) is 6.61 Å². The van der Waals surface area contributed by atoms with Crippen molar-refractivity contribution in [3.05, 3.63) is 52.3 Å². The van der Waals surface area contributed by atoms with Gasteiger partial charge in [-0.2, -0.15) is 0 Å². The molecule has 0 amide bonds. The predicted molar refractivity (Wildman–Crippen MR) is 69.1 cm³/mol. The van der Waals surface area contributed by atoms with Gasteiger partial charge >= 0.3 is 0 Å². The molecule has 0 fully saturated rings. The lowest BCUT2D eigenvalue weighted by Crippen LogP contribution is -1.91. The van der Waals surface area contributed by atoms with Crippen molar-refractivity contribution in [2.24, 2.45) is 0 Å². The van der Waals surface area contributed by atoms with E-state index in [0.717, 1.165) is 15.8 Å². The largest absolute Gasteiger partial charge is 0.456 e. The molecule has 17 heavy (non-hydrogen) atoms. The third-order valence-corrected chi connectivity index (χ3v) is 2.88. The van der Waals surface area contributed by atoms with Gasteiger partial charge in [-0.05, 0) is 46.6 Å². The van der Waals surface area contributed by atoms with Crippen LogP contribution >= 0.6 is 15.9 Å². The van der Waals surface area contributed by atoms with Crippen molar-refractivity contribution in [2.45, 2.75) is 13.5 Å². The molecule has 1 aromatic heterocycles. The highest BCUT2D eigenvalue weighted by atomic mass is 79.9. The average molecular weight is 294 g/mol. The van der Waals surface area contributed by atoms with Crippen LogP contribution in [0.3, 0.4) is 0 Å². The maximum absolute atomic E-state index is 8.99. The fourth-order valence-electron chi connectivity index (χ4n) is 1.42. The minimum Gasteiger partial charge on any atom is -0.456 e.